The molecule has 3 heterocycles. The van der Waals surface area contributed by atoms with Crippen molar-refractivity contribution in [2.24, 2.45) is 7.05 Å². The first kappa shape index (κ1) is 23.6. The third kappa shape index (κ3) is 5.18. The molecule has 1 saturated heterocycles. The quantitative estimate of drug-likeness (QED) is 0.564. The Labute approximate surface area is 198 Å². The molecule has 9 heteroatoms. The molecule has 1 aromatic carbocycles. The van der Waals surface area contributed by atoms with Crippen molar-refractivity contribution in [1.29, 1.82) is 0 Å². The lowest BCUT2D eigenvalue weighted by Gasteiger charge is -2.36. The van der Waals surface area contributed by atoms with E-state index in [1.165, 1.54) is 0 Å². The molecular weight excluding hydrogens is 442 g/mol. The van der Waals surface area contributed by atoms with Crippen LogP contribution in [0.4, 0.5) is 17.2 Å². The Hall–Kier alpha value is -2.55. The van der Waals surface area contributed by atoms with Crippen molar-refractivity contribution < 1.29 is 9.84 Å². The molecule has 1 aliphatic heterocycles. The zero-order valence-corrected chi connectivity index (χ0v) is 20.6. The molecule has 1 fully saturated rings. The first-order chi connectivity index (χ1) is 15.5. The third-order valence-electron chi connectivity index (χ3n) is 5.96. The molecule has 2 aromatic heterocycles. The number of hydrogen-bond acceptors (Lipinski definition) is 6. The molecular formula is C24H32ClN5O3. The molecule has 0 bridgehead atoms. The Morgan fingerprint density at radius 1 is 1.21 bits per heavy atom. The van der Waals surface area contributed by atoms with Gasteiger partial charge in [0.2, 0.25) is 0 Å². The van der Waals surface area contributed by atoms with Crippen molar-refractivity contribution in [3.63, 3.8) is 0 Å². The van der Waals surface area contributed by atoms with Gasteiger partial charge in [0.05, 0.1) is 45.7 Å². The standard InChI is InChI=1S/C24H32ClN5O3/c1-15-13-29(14-16(2)33-15)22-11-19(18(25)12-26-22)27-17-6-7-20-21(10-17)30(23(31)28(20)5)9-8-24(3,4)32/h6-7,10-12,15-16,32H,8-9,13-14H2,1-5H3,(H,26,27)/t15-,16+. The minimum atomic E-state index is -0.854. The maximum atomic E-state index is 12.8. The second kappa shape index (κ2) is 9.00. The van der Waals surface area contributed by atoms with E-state index in [1.54, 1.807) is 36.2 Å². The highest BCUT2D eigenvalue weighted by molar-refractivity contribution is 6.33. The van der Waals surface area contributed by atoms with E-state index in [9.17, 15) is 9.90 Å². The number of fused-ring (bicyclic) bond motifs is 1. The average Bonchev–Trinajstić information content (AvgIpc) is 2.96. The number of aromatic nitrogens is 3. The third-order valence-corrected chi connectivity index (χ3v) is 6.26. The monoisotopic (exact) mass is 473 g/mol. The van der Waals surface area contributed by atoms with E-state index in [2.05, 4.69) is 29.0 Å². The summed E-state index contributed by atoms with van der Waals surface area (Å²) in [5, 5.41) is 14.0. The highest BCUT2D eigenvalue weighted by Crippen LogP contribution is 2.30. The van der Waals surface area contributed by atoms with E-state index in [0.717, 1.165) is 41.3 Å². The lowest BCUT2D eigenvalue weighted by Crippen LogP contribution is -2.45. The van der Waals surface area contributed by atoms with E-state index < -0.39 is 5.60 Å². The zero-order chi connectivity index (χ0) is 23.9. The summed E-state index contributed by atoms with van der Waals surface area (Å²) >= 11 is 6.47. The van der Waals surface area contributed by atoms with Crippen LogP contribution in [0.3, 0.4) is 0 Å². The van der Waals surface area contributed by atoms with Crippen LogP contribution in [-0.2, 0) is 18.3 Å². The molecule has 178 valence electrons. The maximum absolute atomic E-state index is 12.8. The van der Waals surface area contributed by atoms with Crippen LogP contribution in [0.15, 0.2) is 35.3 Å². The molecule has 2 atom stereocenters. The van der Waals surface area contributed by atoms with Gasteiger partial charge in [-0.05, 0) is 52.3 Å². The van der Waals surface area contributed by atoms with Crippen molar-refractivity contribution in [3.05, 3.63) is 46.0 Å². The molecule has 8 nitrogen and oxygen atoms in total. The number of pyridine rings is 1. The first-order valence-corrected chi connectivity index (χ1v) is 11.6. The van der Waals surface area contributed by atoms with E-state index in [1.807, 2.05) is 24.3 Å². The summed E-state index contributed by atoms with van der Waals surface area (Å²) in [5.74, 6) is 0.840. The van der Waals surface area contributed by atoms with Gasteiger partial charge in [-0.3, -0.25) is 9.13 Å². The summed E-state index contributed by atoms with van der Waals surface area (Å²) in [6, 6.07) is 7.73. The number of benzene rings is 1. The normalized spacial score (nSPS) is 19.3. The second-order valence-electron chi connectivity index (χ2n) is 9.57. The summed E-state index contributed by atoms with van der Waals surface area (Å²) in [7, 11) is 1.76. The molecule has 0 amide bonds. The van der Waals surface area contributed by atoms with Gasteiger partial charge in [0.1, 0.15) is 5.82 Å². The zero-order valence-electron chi connectivity index (χ0n) is 19.8. The number of nitrogens with zero attached hydrogens (tertiary/aromatic N) is 4. The predicted molar refractivity (Wildman–Crippen MR) is 133 cm³/mol. The van der Waals surface area contributed by atoms with Crippen LogP contribution in [0.25, 0.3) is 11.0 Å². The van der Waals surface area contributed by atoms with Crippen LogP contribution in [0.5, 0.6) is 0 Å². The molecule has 0 unspecified atom stereocenters. The van der Waals surface area contributed by atoms with Gasteiger partial charge in [-0.25, -0.2) is 9.78 Å². The van der Waals surface area contributed by atoms with Crippen LogP contribution in [0.1, 0.15) is 34.1 Å². The predicted octanol–water partition coefficient (Wildman–Crippen LogP) is 3.91. The number of aryl methyl sites for hydroxylation is 2. The molecule has 1 aliphatic rings. The Balaban J connectivity index is 1.64. The number of anilines is 3. The topological polar surface area (TPSA) is 84.5 Å². The van der Waals surface area contributed by atoms with E-state index in [-0.39, 0.29) is 17.9 Å². The Morgan fingerprint density at radius 2 is 1.91 bits per heavy atom. The van der Waals surface area contributed by atoms with Crippen LogP contribution in [0.2, 0.25) is 5.02 Å². The van der Waals surface area contributed by atoms with Gasteiger partial charge in [-0.1, -0.05) is 11.6 Å². The van der Waals surface area contributed by atoms with Gasteiger partial charge in [0, 0.05) is 38.4 Å². The number of rotatable bonds is 6. The highest BCUT2D eigenvalue weighted by Gasteiger charge is 2.24. The van der Waals surface area contributed by atoms with Gasteiger partial charge in [-0.2, -0.15) is 0 Å². The SMILES string of the molecule is C[C@@H]1CN(c2cc(Nc3ccc4c(c3)n(CCC(C)(C)O)c(=O)n4C)c(Cl)cn2)C[C@H](C)O1. The Morgan fingerprint density at radius 3 is 2.58 bits per heavy atom. The summed E-state index contributed by atoms with van der Waals surface area (Å²) in [6.07, 6.45) is 2.39. The molecule has 4 rings (SSSR count). The van der Waals surface area contributed by atoms with Gasteiger partial charge in [0.25, 0.3) is 0 Å². The number of nitrogens with one attached hydrogen (secondary N) is 1. The van der Waals surface area contributed by atoms with Crippen LogP contribution < -0.4 is 15.9 Å². The summed E-state index contributed by atoms with van der Waals surface area (Å²) in [6.45, 7) is 9.57. The average molecular weight is 474 g/mol. The number of imidazole rings is 1. The lowest BCUT2D eigenvalue weighted by atomic mass is 10.1. The van der Waals surface area contributed by atoms with Crippen LogP contribution in [0, 0.1) is 0 Å². The van der Waals surface area contributed by atoms with E-state index >= 15 is 0 Å². The fourth-order valence-electron chi connectivity index (χ4n) is 4.31. The smallest absolute Gasteiger partial charge is 0.328 e. The molecule has 0 spiro atoms. The largest absolute Gasteiger partial charge is 0.390 e. The minimum Gasteiger partial charge on any atom is -0.390 e. The number of hydrogen-bond donors (Lipinski definition) is 2. The Bertz CT molecular complexity index is 1200. The van der Waals surface area contributed by atoms with Gasteiger partial charge < -0.3 is 20.1 Å². The van der Waals surface area contributed by atoms with Crippen molar-refractivity contribution in [2.45, 2.75) is 58.5 Å². The second-order valence-corrected chi connectivity index (χ2v) is 9.98. The molecule has 0 aliphatic carbocycles. The van der Waals surface area contributed by atoms with Crippen LogP contribution in [-0.4, -0.2) is 50.1 Å². The number of ether oxygens (including phenoxy) is 1. The summed E-state index contributed by atoms with van der Waals surface area (Å²) < 4.78 is 9.17. The maximum Gasteiger partial charge on any atom is 0.328 e. The molecule has 3 aromatic rings. The van der Waals surface area contributed by atoms with Gasteiger partial charge in [-0.15, -0.1) is 0 Å². The fourth-order valence-corrected chi connectivity index (χ4v) is 4.46. The molecule has 0 radical (unpaired) electrons. The molecule has 33 heavy (non-hydrogen) atoms. The van der Waals surface area contributed by atoms with Crippen molar-refractivity contribution >= 4 is 39.8 Å². The van der Waals surface area contributed by atoms with Crippen molar-refractivity contribution in [1.82, 2.24) is 14.1 Å². The number of morpholine rings is 1. The minimum absolute atomic E-state index is 0.105. The Kier molecular flexibility index (Phi) is 6.44. The van der Waals surface area contributed by atoms with E-state index in [0.29, 0.717) is 18.0 Å². The van der Waals surface area contributed by atoms with Crippen molar-refractivity contribution in [3.8, 4) is 0 Å². The highest BCUT2D eigenvalue weighted by atomic mass is 35.5. The summed E-state index contributed by atoms with van der Waals surface area (Å²) in [4.78, 5) is 19.5. The fraction of sp³-hybridized carbons (Fsp3) is 0.500. The molecule has 2 N–H and O–H groups in total. The van der Waals surface area contributed by atoms with Crippen molar-refractivity contribution in [2.75, 3.05) is 23.3 Å². The van der Waals surface area contributed by atoms with Gasteiger partial charge in [0.15, 0.2) is 0 Å². The number of aliphatic hydroxyl groups is 1. The first-order valence-electron chi connectivity index (χ1n) is 11.3. The van der Waals surface area contributed by atoms with Crippen LogP contribution >= 0.6 is 11.6 Å². The van der Waals surface area contributed by atoms with Gasteiger partial charge >= 0.3 is 5.69 Å². The number of halogens is 1. The molecule has 0 saturated carbocycles. The lowest BCUT2D eigenvalue weighted by molar-refractivity contribution is -0.00545. The van der Waals surface area contributed by atoms with E-state index in [4.69, 9.17) is 16.3 Å². The summed E-state index contributed by atoms with van der Waals surface area (Å²) in [5.41, 5.74) is 2.23.